The van der Waals surface area contributed by atoms with Gasteiger partial charge in [-0.3, -0.25) is 0 Å². The van der Waals surface area contributed by atoms with E-state index < -0.39 is 11.6 Å². The van der Waals surface area contributed by atoms with Crippen LogP contribution in [0.4, 0.5) is 8.78 Å². The zero-order valence-electron chi connectivity index (χ0n) is 13.0. The molecule has 1 aliphatic carbocycles. The molecule has 116 valence electrons. The molecule has 1 aromatic rings. The normalized spacial score (nSPS) is 18.6. The lowest BCUT2D eigenvalue weighted by Gasteiger charge is -2.22. The molecule has 0 spiro atoms. The van der Waals surface area contributed by atoms with Crippen LogP contribution in [0.25, 0.3) is 0 Å². The number of benzene rings is 1. The number of hydrogen-bond acceptors (Lipinski definition) is 0. The highest BCUT2D eigenvalue weighted by atomic mass is 19.2. The summed E-state index contributed by atoms with van der Waals surface area (Å²) >= 11 is 0. The van der Waals surface area contributed by atoms with Crippen molar-refractivity contribution >= 4 is 0 Å². The van der Waals surface area contributed by atoms with Crippen LogP contribution in [0.2, 0.25) is 0 Å². The summed E-state index contributed by atoms with van der Waals surface area (Å²) in [5.41, 5.74) is 1.92. The summed E-state index contributed by atoms with van der Waals surface area (Å²) in [5.74, 6) is -0.571. The smallest absolute Gasteiger partial charge is 0.162 e. The number of allylic oxidation sites excluding steroid dienone is 2. The van der Waals surface area contributed by atoms with Crippen molar-refractivity contribution in [3.8, 4) is 0 Å². The van der Waals surface area contributed by atoms with E-state index in [-0.39, 0.29) is 0 Å². The maximum atomic E-state index is 13.6. The molecule has 0 N–H and O–H groups in total. The third-order valence-corrected chi connectivity index (χ3v) is 4.58. The van der Waals surface area contributed by atoms with Gasteiger partial charge in [0.05, 0.1) is 0 Å². The van der Waals surface area contributed by atoms with Crippen molar-refractivity contribution in [3.05, 3.63) is 47.0 Å². The van der Waals surface area contributed by atoms with Gasteiger partial charge < -0.3 is 0 Å². The molecule has 21 heavy (non-hydrogen) atoms. The fourth-order valence-electron chi connectivity index (χ4n) is 3.15. The highest BCUT2D eigenvalue weighted by Gasteiger charge is 2.15. The Hall–Kier alpha value is -1.18. The summed E-state index contributed by atoms with van der Waals surface area (Å²) in [5, 5.41) is 0. The average molecular weight is 292 g/mol. The Morgan fingerprint density at radius 3 is 2.71 bits per heavy atom. The van der Waals surface area contributed by atoms with Gasteiger partial charge in [-0.1, -0.05) is 56.4 Å². The molecule has 0 saturated heterocycles. The SMILES string of the molecule is CCCCCC1CC=C(CCc2cccc(F)c2F)CC1. The second kappa shape index (κ2) is 8.31. The molecular weight excluding hydrogens is 266 g/mol. The van der Waals surface area contributed by atoms with Gasteiger partial charge in [-0.05, 0) is 49.7 Å². The molecule has 0 aliphatic heterocycles. The lowest BCUT2D eigenvalue weighted by Crippen LogP contribution is -2.07. The lowest BCUT2D eigenvalue weighted by molar-refractivity contribution is 0.413. The Morgan fingerprint density at radius 2 is 2.00 bits per heavy atom. The highest BCUT2D eigenvalue weighted by molar-refractivity contribution is 5.20. The van der Waals surface area contributed by atoms with E-state index >= 15 is 0 Å². The molecular formula is C19H26F2. The van der Waals surface area contributed by atoms with Gasteiger partial charge in [0.25, 0.3) is 0 Å². The number of halogens is 2. The van der Waals surface area contributed by atoms with Gasteiger partial charge in [0.1, 0.15) is 0 Å². The number of rotatable bonds is 7. The Labute approximate surface area is 127 Å². The van der Waals surface area contributed by atoms with Gasteiger partial charge in [0.15, 0.2) is 11.6 Å². The van der Waals surface area contributed by atoms with Crippen LogP contribution in [-0.4, -0.2) is 0 Å². The van der Waals surface area contributed by atoms with E-state index in [4.69, 9.17) is 0 Å². The fourth-order valence-corrected chi connectivity index (χ4v) is 3.15. The molecule has 0 aromatic heterocycles. The van der Waals surface area contributed by atoms with Crippen molar-refractivity contribution in [2.24, 2.45) is 5.92 Å². The number of hydrogen-bond donors (Lipinski definition) is 0. The molecule has 0 heterocycles. The first kappa shape index (κ1) is 16.2. The van der Waals surface area contributed by atoms with Crippen LogP contribution in [0.3, 0.4) is 0 Å². The van der Waals surface area contributed by atoms with Crippen molar-refractivity contribution < 1.29 is 8.78 Å². The van der Waals surface area contributed by atoms with E-state index in [9.17, 15) is 8.78 Å². The van der Waals surface area contributed by atoms with E-state index in [1.165, 1.54) is 50.2 Å². The molecule has 2 heteroatoms. The van der Waals surface area contributed by atoms with E-state index in [0.29, 0.717) is 12.0 Å². The number of unbranched alkanes of at least 4 members (excludes halogenated alkanes) is 2. The van der Waals surface area contributed by atoms with E-state index in [0.717, 1.165) is 18.8 Å². The van der Waals surface area contributed by atoms with Gasteiger partial charge >= 0.3 is 0 Å². The Balaban J connectivity index is 1.78. The van der Waals surface area contributed by atoms with Crippen LogP contribution in [0.5, 0.6) is 0 Å². The zero-order chi connectivity index (χ0) is 15.1. The van der Waals surface area contributed by atoms with Crippen molar-refractivity contribution in [1.82, 2.24) is 0 Å². The molecule has 0 amide bonds. The van der Waals surface area contributed by atoms with E-state index in [1.807, 2.05) is 0 Å². The second-order valence-electron chi connectivity index (χ2n) is 6.21. The predicted molar refractivity (Wildman–Crippen MR) is 84.2 cm³/mol. The third kappa shape index (κ3) is 4.94. The largest absolute Gasteiger partial charge is 0.204 e. The Kier molecular flexibility index (Phi) is 6.41. The standard InChI is InChI=1S/C19H26F2/c1-2-3-4-6-15-9-11-16(12-10-15)13-14-17-7-5-8-18(20)19(17)21/h5,7-8,11,15H,2-4,6,9-10,12-14H2,1H3. The van der Waals surface area contributed by atoms with E-state index in [1.54, 1.807) is 12.1 Å². The summed E-state index contributed by atoms with van der Waals surface area (Å²) < 4.78 is 26.8. The van der Waals surface area contributed by atoms with E-state index in [2.05, 4.69) is 13.0 Å². The first-order valence-corrected chi connectivity index (χ1v) is 8.31. The van der Waals surface area contributed by atoms with Gasteiger partial charge in [-0.15, -0.1) is 0 Å². The molecule has 0 fully saturated rings. The summed E-state index contributed by atoms with van der Waals surface area (Å²) in [7, 11) is 0. The van der Waals surface area contributed by atoms with Crippen LogP contribution in [0.1, 0.15) is 63.9 Å². The molecule has 1 aliphatic rings. The van der Waals surface area contributed by atoms with Crippen molar-refractivity contribution in [2.75, 3.05) is 0 Å². The lowest BCUT2D eigenvalue weighted by atomic mass is 9.84. The first-order chi connectivity index (χ1) is 10.2. The quantitative estimate of drug-likeness (QED) is 0.414. The molecule has 0 radical (unpaired) electrons. The van der Waals surface area contributed by atoms with Crippen LogP contribution < -0.4 is 0 Å². The molecule has 2 rings (SSSR count). The van der Waals surface area contributed by atoms with Crippen LogP contribution in [0.15, 0.2) is 29.8 Å². The molecule has 1 unspecified atom stereocenters. The topological polar surface area (TPSA) is 0 Å². The summed E-state index contributed by atoms with van der Waals surface area (Å²) in [6.07, 6.45) is 12.7. The second-order valence-corrected chi connectivity index (χ2v) is 6.21. The maximum Gasteiger partial charge on any atom is 0.162 e. The van der Waals surface area contributed by atoms with Crippen molar-refractivity contribution in [2.45, 2.75) is 64.7 Å². The molecule has 1 aromatic carbocycles. The monoisotopic (exact) mass is 292 g/mol. The molecule has 1 atom stereocenters. The van der Waals surface area contributed by atoms with Crippen molar-refractivity contribution in [1.29, 1.82) is 0 Å². The third-order valence-electron chi connectivity index (χ3n) is 4.58. The van der Waals surface area contributed by atoms with Crippen molar-refractivity contribution in [3.63, 3.8) is 0 Å². The summed E-state index contributed by atoms with van der Waals surface area (Å²) in [4.78, 5) is 0. The predicted octanol–water partition coefficient (Wildman–Crippen LogP) is 6.20. The minimum Gasteiger partial charge on any atom is -0.204 e. The summed E-state index contributed by atoms with van der Waals surface area (Å²) in [6, 6.07) is 4.46. The molecule has 0 nitrogen and oxygen atoms in total. The first-order valence-electron chi connectivity index (χ1n) is 8.31. The minimum absolute atomic E-state index is 0.501. The average Bonchev–Trinajstić information content (AvgIpc) is 2.50. The summed E-state index contributed by atoms with van der Waals surface area (Å²) in [6.45, 7) is 2.24. The molecule has 0 saturated carbocycles. The fraction of sp³-hybridized carbons (Fsp3) is 0.579. The Morgan fingerprint density at radius 1 is 1.14 bits per heavy atom. The highest BCUT2D eigenvalue weighted by Crippen LogP contribution is 2.30. The van der Waals surface area contributed by atoms with Crippen LogP contribution in [0, 0.1) is 17.6 Å². The zero-order valence-corrected chi connectivity index (χ0v) is 13.0. The van der Waals surface area contributed by atoms with Gasteiger partial charge in [-0.2, -0.15) is 0 Å². The van der Waals surface area contributed by atoms with Crippen LogP contribution >= 0.6 is 0 Å². The van der Waals surface area contributed by atoms with Gasteiger partial charge in [-0.25, -0.2) is 8.78 Å². The Bertz CT molecular complexity index is 476. The van der Waals surface area contributed by atoms with Gasteiger partial charge in [0, 0.05) is 0 Å². The minimum atomic E-state index is -0.735. The van der Waals surface area contributed by atoms with Crippen LogP contribution in [-0.2, 0) is 6.42 Å². The molecule has 0 bridgehead atoms. The maximum absolute atomic E-state index is 13.6. The van der Waals surface area contributed by atoms with Gasteiger partial charge in [0.2, 0.25) is 0 Å². The number of aryl methyl sites for hydroxylation is 1.